The van der Waals surface area contributed by atoms with Crippen LogP contribution in [-0.2, 0) is 0 Å². The molecule has 1 aliphatic carbocycles. The van der Waals surface area contributed by atoms with Gasteiger partial charge in [0.05, 0.1) is 16.3 Å². The normalized spacial score (nSPS) is 14.4. The predicted molar refractivity (Wildman–Crippen MR) is 70.1 cm³/mol. The fourth-order valence-electron chi connectivity index (χ4n) is 1.80. The van der Waals surface area contributed by atoms with E-state index in [-0.39, 0.29) is 5.91 Å². The van der Waals surface area contributed by atoms with Crippen molar-refractivity contribution in [3.8, 4) is 0 Å². The van der Waals surface area contributed by atoms with E-state index in [9.17, 15) is 4.79 Å². The van der Waals surface area contributed by atoms with Gasteiger partial charge in [0, 0.05) is 12.6 Å². The molecule has 0 atom stereocenters. The molecule has 0 radical (unpaired) electrons. The second kappa shape index (κ2) is 4.80. The first-order valence-electron chi connectivity index (χ1n) is 5.61. The maximum atomic E-state index is 12.3. The van der Waals surface area contributed by atoms with Gasteiger partial charge in [-0.15, -0.1) is 6.58 Å². The number of halogens is 1. The van der Waals surface area contributed by atoms with Crippen LogP contribution in [0.1, 0.15) is 23.2 Å². The first-order valence-corrected chi connectivity index (χ1v) is 5.98. The second-order valence-corrected chi connectivity index (χ2v) is 4.59. The Morgan fingerprint density at radius 3 is 2.88 bits per heavy atom. The molecular weight excluding hydrogens is 236 g/mol. The van der Waals surface area contributed by atoms with Crippen molar-refractivity contribution in [1.29, 1.82) is 0 Å². The van der Waals surface area contributed by atoms with Crippen molar-refractivity contribution in [1.82, 2.24) is 4.90 Å². The molecule has 0 saturated heterocycles. The Hall–Kier alpha value is -1.48. The van der Waals surface area contributed by atoms with Gasteiger partial charge in [0.2, 0.25) is 0 Å². The summed E-state index contributed by atoms with van der Waals surface area (Å²) in [5.41, 5.74) is 6.67. The van der Waals surface area contributed by atoms with Crippen LogP contribution in [0.5, 0.6) is 0 Å². The molecule has 1 aliphatic rings. The Labute approximate surface area is 106 Å². The quantitative estimate of drug-likeness (QED) is 0.660. The van der Waals surface area contributed by atoms with Crippen molar-refractivity contribution < 1.29 is 4.79 Å². The summed E-state index contributed by atoms with van der Waals surface area (Å²) in [4.78, 5) is 14.1. The predicted octanol–water partition coefficient (Wildman–Crippen LogP) is 2.71. The van der Waals surface area contributed by atoms with Crippen molar-refractivity contribution in [2.24, 2.45) is 0 Å². The van der Waals surface area contributed by atoms with Gasteiger partial charge in [-0.3, -0.25) is 4.79 Å². The summed E-state index contributed by atoms with van der Waals surface area (Å²) in [6.45, 7) is 4.23. The molecule has 0 bridgehead atoms. The lowest BCUT2D eigenvalue weighted by molar-refractivity contribution is 0.0763. The zero-order valence-electron chi connectivity index (χ0n) is 9.53. The number of para-hydroxylation sites is 1. The Balaban J connectivity index is 2.28. The van der Waals surface area contributed by atoms with Gasteiger partial charge in [0.25, 0.3) is 5.91 Å². The van der Waals surface area contributed by atoms with Crippen molar-refractivity contribution in [2.45, 2.75) is 18.9 Å². The first kappa shape index (κ1) is 12.0. The van der Waals surface area contributed by atoms with E-state index in [4.69, 9.17) is 17.3 Å². The van der Waals surface area contributed by atoms with Crippen molar-refractivity contribution in [2.75, 3.05) is 12.3 Å². The lowest BCUT2D eigenvalue weighted by atomic mass is 10.1. The smallest absolute Gasteiger partial charge is 0.256 e. The van der Waals surface area contributed by atoms with E-state index in [0.717, 1.165) is 12.8 Å². The molecule has 1 fully saturated rings. The van der Waals surface area contributed by atoms with Gasteiger partial charge in [-0.25, -0.2) is 0 Å². The van der Waals surface area contributed by atoms with Crippen LogP contribution in [0.4, 0.5) is 5.69 Å². The molecule has 1 aromatic rings. The highest BCUT2D eigenvalue weighted by molar-refractivity contribution is 6.33. The Kier molecular flexibility index (Phi) is 3.38. The van der Waals surface area contributed by atoms with Crippen LogP contribution < -0.4 is 5.73 Å². The SMILES string of the molecule is C=CCN(C(=O)c1cccc(Cl)c1N)C1CC1. The van der Waals surface area contributed by atoms with Crippen molar-refractivity contribution in [3.05, 3.63) is 41.4 Å². The Bertz CT molecular complexity index is 455. The van der Waals surface area contributed by atoms with E-state index >= 15 is 0 Å². The van der Waals surface area contributed by atoms with Gasteiger partial charge < -0.3 is 10.6 Å². The third-order valence-corrected chi connectivity index (χ3v) is 3.19. The second-order valence-electron chi connectivity index (χ2n) is 4.18. The summed E-state index contributed by atoms with van der Waals surface area (Å²) in [5, 5.41) is 0.421. The summed E-state index contributed by atoms with van der Waals surface area (Å²) in [5.74, 6) is -0.0626. The number of hydrogen-bond donors (Lipinski definition) is 1. The van der Waals surface area contributed by atoms with E-state index in [1.165, 1.54) is 0 Å². The van der Waals surface area contributed by atoms with E-state index in [0.29, 0.717) is 28.9 Å². The lowest BCUT2D eigenvalue weighted by Crippen LogP contribution is -2.33. The van der Waals surface area contributed by atoms with Gasteiger partial charge in [0.1, 0.15) is 0 Å². The van der Waals surface area contributed by atoms with E-state index in [1.807, 2.05) is 0 Å². The van der Waals surface area contributed by atoms with Gasteiger partial charge in [0.15, 0.2) is 0 Å². The summed E-state index contributed by atoms with van der Waals surface area (Å²) in [6, 6.07) is 5.47. The molecule has 4 heteroatoms. The van der Waals surface area contributed by atoms with Crippen LogP contribution in [0.3, 0.4) is 0 Å². The summed E-state index contributed by atoms with van der Waals surface area (Å²) >= 11 is 5.92. The Morgan fingerprint density at radius 2 is 2.29 bits per heavy atom. The number of nitrogens with two attached hydrogens (primary N) is 1. The monoisotopic (exact) mass is 250 g/mol. The minimum atomic E-state index is -0.0626. The number of carbonyl (C=O) groups excluding carboxylic acids is 1. The molecule has 3 nitrogen and oxygen atoms in total. The first-order chi connectivity index (χ1) is 8.15. The molecule has 1 amide bonds. The molecule has 2 rings (SSSR count). The summed E-state index contributed by atoms with van der Waals surface area (Å²) in [6.07, 6.45) is 3.84. The number of hydrogen-bond acceptors (Lipinski definition) is 2. The molecule has 2 N–H and O–H groups in total. The highest BCUT2D eigenvalue weighted by atomic mass is 35.5. The van der Waals surface area contributed by atoms with Crippen LogP contribution in [-0.4, -0.2) is 23.4 Å². The zero-order chi connectivity index (χ0) is 12.4. The van der Waals surface area contributed by atoms with Gasteiger partial charge in [-0.1, -0.05) is 23.7 Å². The summed E-state index contributed by atoms with van der Waals surface area (Å²) < 4.78 is 0. The molecule has 0 aromatic heterocycles. The van der Waals surface area contributed by atoms with E-state index < -0.39 is 0 Å². The standard InChI is InChI=1S/C13H15ClN2O/c1-2-8-16(9-6-7-9)13(17)10-4-3-5-11(14)12(10)15/h2-5,9H,1,6-8,15H2. The number of anilines is 1. The fraction of sp³-hybridized carbons (Fsp3) is 0.308. The van der Waals surface area contributed by atoms with Crippen molar-refractivity contribution >= 4 is 23.2 Å². The van der Waals surface area contributed by atoms with Crippen LogP contribution >= 0.6 is 11.6 Å². The van der Waals surface area contributed by atoms with Crippen LogP contribution in [0.2, 0.25) is 5.02 Å². The van der Waals surface area contributed by atoms with Crippen LogP contribution in [0.25, 0.3) is 0 Å². The topological polar surface area (TPSA) is 46.3 Å². The average Bonchev–Trinajstić information content (AvgIpc) is 3.13. The third-order valence-electron chi connectivity index (χ3n) is 2.86. The molecule has 0 unspecified atom stereocenters. The van der Waals surface area contributed by atoms with Crippen LogP contribution in [0.15, 0.2) is 30.9 Å². The average molecular weight is 251 g/mol. The van der Waals surface area contributed by atoms with E-state index in [2.05, 4.69) is 6.58 Å². The van der Waals surface area contributed by atoms with E-state index in [1.54, 1.807) is 29.2 Å². The minimum absolute atomic E-state index is 0.0626. The summed E-state index contributed by atoms with van der Waals surface area (Å²) in [7, 11) is 0. The molecule has 1 saturated carbocycles. The molecule has 90 valence electrons. The number of nitrogens with zero attached hydrogens (tertiary/aromatic N) is 1. The van der Waals surface area contributed by atoms with Crippen molar-refractivity contribution in [3.63, 3.8) is 0 Å². The third kappa shape index (κ3) is 2.44. The molecule has 17 heavy (non-hydrogen) atoms. The number of rotatable bonds is 4. The highest BCUT2D eigenvalue weighted by Gasteiger charge is 2.32. The maximum Gasteiger partial charge on any atom is 0.256 e. The Morgan fingerprint density at radius 1 is 1.59 bits per heavy atom. The van der Waals surface area contributed by atoms with Gasteiger partial charge in [-0.05, 0) is 25.0 Å². The molecule has 0 spiro atoms. The molecule has 1 aromatic carbocycles. The molecule has 0 heterocycles. The van der Waals surface area contributed by atoms with Crippen LogP contribution in [0, 0.1) is 0 Å². The number of benzene rings is 1. The maximum absolute atomic E-state index is 12.3. The number of carbonyl (C=O) groups is 1. The largest absolute Gasteiger partial charge is 0.397 e. The fourth-order valence-corrected chi connectivity index (χ4v) is 1.98. The van der Waals surface area contributed by atoms with Gasteiger partial charge >= 0.3 is 0 Å². The molecular formula is C13H15ClN2O. The number of nitrogen functional groups attached to an aromatic ring is 1. The highest BCUT2D eigenvalue weighted by Crippen LogP contribution is 2.30. The number of amides is 1. The molecule has 0 aliphatic heterocycles. The lowest BCUT2D eigenvalue weighted by Gasteiger charge is -2.21. The minimum Gasteiger partial charge on any atom is -0.397 e. The van der Waals surface area contributed by atoms with Gasteiger partial charge in [-0.2, -0.15) is 0 Å². The zero-order valence-corrected chi connectivity index (χ0v) is 10.3.